The quantitative estimate of drug-likeness (QED) is 0.843. The normalized spacial score (nSPS) is 10.7. The van der Waals surface area contributed by atoms with Gasteiger partial charge in [0.15, 0.2) is 5.82 Å². The van der Waals surface area contributed by atoms with Crippen LogP contribution in [0, 0.1) is 13.8 Å². The van der Waals surface area contributed by atoms with Gasteiger partial charge < -0.3 is 5.73 Å². The maximum Gasteiger partial charge on any atom is 0.152 e. The van der Waals surface area contributed by atoms with E-state index in [0.717, 1.165) is 17.9 Å². The van der Waals surface area contributed by atoms with Gasteiger partial charge in [-0.3, -0.25) is 0 Å². The SMILES string of the molecule is Cc1cc(C)cc(-n2cnc(CCN)n2)c1. The summed E-state index contributed by atoms with van der Waals surface area (Å²) in [6.45, 7) is 4.74. The fourth-order valence-corrected chi connectivity index (χ4v) is 1.75. The molecule has 0 aliphatic heterocycles. The van der Waals surface area contributed by atoms with Crippen molar-refractivity contribution in [3.8, 4) is 5.69 Å². The lowest BCUT2D eigenvalue weighted by molar-refractivity contribution is 0.815. The monoisotopic (exact) mass is 216 g/mol. The summed E-state index contributed by atoms with van der Waals surface area (Å²) in [5.74, 6) is 0.793. The fraction of sp³-hybridized carbons (Fsp3) is 0.333. The van der Waals surface area contributed by atoms with Crippen LogP contribution in [0.15, 0.2) is 24.5 Å². The summed E-state index contributed by atoms with van der Waals surface area (Å²) >= 11 is 0. The standard InChI is InChI=1S/C12H16N4/c1-9-5-10(2)7-11(6-9)16-8-14-12(15-16)3-4-13/h5-8H,3-4,13H2,1-2H3. The lowest BCUT2D eigenvalue weighted by Crippen LogP contribution is -2.05. The highest BCUT2D eigenvalue weighted by Gasteiger charge is 2.02. The smallest absolute Gasteiger partial charge is 0.152 e. The zero-order chi connectivity index (χ0) is 11.5. The zero-order valence-electron chi connectivity index (χ0n) is 9.64. The van der Waals surface area contributed by atoms with E-state index in [4.69, 9.17) is 5.73 Å². The minimum absolute atomic E-state index is 0.580. The lowest BCUT2D eigenvalue weighted by Gasteiger charge is -2.03. The molecule has 2 rings (SSSR count). The van der Waals surface area contributed by atoms with Crippen molar-refractivity contribution in [2.75, 3.05) is 6.54 Å². The molecule has 0 saturated heterocycles. The molecule has 0 aliphatic rings. The van der Waals surface area contributed by atoms with Crippen molar-refractivity contribution in [1.82, 2.24) is 14.8 Å². The van der Waals surface area contributed by atoms with Gasteiger partial charge in [0.25, 0.3) is 0 Å². The minimum Gasteiger partial charge on any atom is -0.330 e. The highest BCUT2D eigenvalue weighted by molar-refractivity contribution is 5.38. The summed E-state index contributed by atoms with van der Waals surface area (Å²) in [5.41, 5.74) is 8.97. The number of nitrogens with two attached hydrogens (primary N) is 1. The number of hydrogen-bond acceptors (Lipinski definition) is 3. The fourth-order valence-electron chi connectivity index (χ4n) is 1.75. The first-order valence-corrected chi connectivity index (χ1v) is 5.38. The van der Waals surface area contributed by atoms with Crippen LogP contribution in [0.25, 0.3) is 5.69 Å². The molecule has 0 aliphatic carbocycles. The van der Waals surface area contributed by atoms with E-state index in [0.29, 0.717) is 6.54 Å². The van der Waals surface area contributed by atoms with Crippen LogP contribution in [0.4, 0.5) is 0 Å². The van der Waals surface area contributed by atoms with Gasteiger partial charge in [0.1, 0.15) is 6.33 Å². The van der Waals surface area contributed by atoms with Crippen molar-refractivity contribution in [1.29, 1.82) is 0 Å². The topological polar surface area (TPSA) is 56.7 Å². The van der Waals surface area contributed by atoms with Gasteiger partial charge in [0.05, 0.1) is 5.69 Å². The van der Waals surface area contributed by atoms with Crippen LogP contribution in [-0.2, 0) is 6.42 Å². The van der Waals surface area contributed by atoms with Crippen LogP contribution in [0.5, 0.6) is 0 Å². The lowest BCUT2D eigenvalue weighted by atomic mass is 10.1. The number of aromatic nitrogens is 3. The third-order valence-electron chi connectivity index (χ3n) is 2.38. The second kappa shape index (κ2) is 4.45. The van der Waals surface area contributed by atoms with Crippen molar-refractivity contribution in [2.45, 2.75) is 20.3 Å². The van der Waals surface area contributed by atoms with Gasteiger partial charge in [0.2, 0.25) is 0 Å². The summed E-state index contributed by atoms with van der Waals surface area (Å²) in [6, 6.07) is 6.32. The first-order valence-electron chi connectivity index (χ1n) is 5.38. The highest BCUT2D eigenvalue weighted by Crippen LogP contribution is 2.12. The van der Waals surface area contributed by atoms with E-state index in [-0.39, 0.29) is 0 Å². The Bertz CT molecular complexity index is 467. The van der Waals surface area contributed by atoms with Gasteiger partial charge >= 0.3 is 0 Å². The van der Waals surface area contributed by atoms with E-state index in [1.54, 1.807) is 11.0 Å². The van der Waals surface area contributed by atoms with Gasteiger partial charge in [-0.25, -0.2) is 9.67 Å². The van der Waals surface area contributed by atoms with Crippen molar-refractivity contribution >= 4 is 0 Å². The Morgan fingerprint density at radius 3 is 2.50 bits per heavy atom. The molecule has 2 aromatic rings. The first-order chi connectivity index (χ1) is 7.69. The van der Waals surface area contributed by atoms with Gasteiger partial charge in [-0.2, -0.15) is 5.10 Å². The molecule has 1 aromatic heterocycles. The van der Waals surface area contributed by atoms with Crippen LogP contribution in [0.2, 0.25) is 0 Å². The van der Waals surface area contributed by atoms with Gasteiger partial charge in [0, 0.05) is 6.42 Å². The van der Waals surface area contributed by atoms with Crippen LogP contribution in [0.3, 0.4) is 0 Å². The summed E-state index contributed by atoms with van der Waals surface area (Å²) in [6.07, 6.45) is 2.46. The van der Waals surface area contributed by atoms with E-state index in [1.165, 1.54) is 11.1 Å². The average molecular weight is 216 g/mol. The average Bonchev–Trinajstić information content (AvgIpc) is 2.65. The Balaban J connectivity index is 2.34. The Kier molecular flexibility index (Phi) is 3.01. The van der Waals surface area contributed by atoms with Gasteiger partial charge in [-0.1, -0.05) is 6.07 Å². The number of rotatable bonds is 3. The molecule has 1 heterocycles. The molecule has 2 N–H and O–H groups in total. The molecule has 4 heteroatoms. The summed E-state index contributed by atoms with van der Waals surface area (Å²) < 4.78 is 1.80. The van der Waals surface area contributed by atoms with E-state index in [2.05, 4.69) is 42.1 Å². The molecule has 4 nitrogen and oxygen atoms in total. The summed E-state index contributed by atoms with van der Waals surface area (Å²) in [5, 5.41) is 4.38. The van der Waals surface area contributed by atoms with E-state index < -0.39 is 0 Å². The second-order valence-corrected chi connectivity index (χ2v) is 3.99. The van der Waals surface area contributed by atoms with Crippen LogP contribution >= 0.6 is 0 Å². The third kappa shape index (κ3) is 2.28. The molecule has 84 valence electrons. The molecule has 0 atom stereocenters. The molecule has 0 radical (unpaired) electrons. The van der Waals surface area contributed by atoms with Crippen molar-refractivity contribution in [3.63, 3.8) is 0 Å². The number of benzene rings is 1. The number of hydrogen-bond donors (Lipinski definition) is 1. The third-order valence-corrected chi connectivity index (χ3v) is 2.38. The number of nitrogens with zero attached hydrogens (tertiary/aromatic N) is 3. The molecule has 16 heavy (non-hydrogen) atoms. The highest BCUT2D eigenvalue weighted by atomic mass is 15.3. The largest absolute Gasteiger partial charge is 0.330 e. The first kappa shape index (κ1) is 10.8. The Morgan fingerprint density at radius 2 is 1.88 bits per heavy atom. The number of aryl methyl sites for hydroxylation is 2. The molecular weight excluding hydrogens is 200 g/mol. The summed E-state index contributed by atoms with van der Waals surface area (Å²) in [4.78, 5) is 4.21. The maximum absolute atomic E-state index is 5.47. The molecular formula is C12H16N4. The van der Waals surface area contributed by atoms with Crippen molar-refractivity contribution in [2.24, 2.45) is 5.73 Å². The van der Waals surface area contributed by atoms with Crippen molar-refractivity contribution < 1.29 is 0 Å². The van der Waals surface area contributed by atoms with E-state index in [9.17, 15) is 0 Å². The molecule has 0 unspecified atom stereocenters. The van der Waals surface area contributed by atoms with Crippen LogP contribution < -0.4 is 5.73 Å². The molecule has 0 spiro atoms. The van der Waals surface area contributed by atoms with E-state index in [1.807, 2.05) is 0 Å². The van der Waals surface area contributed by atoms with E-state index >= 15 is 0 Å². The Hall–Kier alpha value is -1.68. The Morgan fingerprint density at radius 1 is 1.19 bits per heavy atom. The maximum atomic E-state index is 5.47. The Labute approximate surface area is 95.1 Å². The second-order valence-electron chi connectivity index (χ2n) is 3.99. The summed E-state index contributed by atoms with van der Waals surface area (Å²) in [7, 11) is 0. The molecule has 0 fully saturated rings. The van der Waals surface area contributed by atoms with Crippen LogP contribution in [-0.4, -0.2) is 21.3 Å². The molecule has 1 aromatic carbocycles. The molecule has 0 saturated carbocycles. The molecule has 0 amide bonds. The predicted molar refractivity (Wildman–Crippen MR) is 63.6 cm³/mol. The minimum atomic E-state index is 0.580. The van der Waals surface area contributed by atoms with Gasteiger partial charge in [-0.15, -0.1) is 0 Å². The van der Waals surface area contributed by atoms with Crippen LogP contribution in [0.1, 0.15) is 17.0 Å². The van der Waals surface area contributed by atoms with Crippen molar-refractivity contribution in [3.05, 3.63) is 41.5 Å². The molecule has 0 bridgehead atoms. The van der Waals surface area contributed by atoms with Gasteiger partial charge in [-0.05, 0) is 43.7 Å². The zero-order valence-corrected chi connectivity index (χ0v) is 9.64. The predicted octanol–water partition coefficient (Wildman–Crippen LogP) is 1.39.